The number of benzene rings is 1. The number of carbonyl (C=O) groups is 3. The second-order valence-electron chi connectivity index (χ2n) is 9.99. The minimum atomic E-state index is -0.808. The number of primary amides is 1. The van der Waals surface area contributed by atoms with Crippen LogP contribution in [0.5, 0.6) is 0 Å². The molecule has 0 saturated heterocycles. The minimum absolute atomic E-state index is 0.0499. The van der Waals surface area contributed by atoms with Gasteiger partial charge in [-0.1, -0.05) is 0 Å². The summed E-state index contributed by atoms with van der Waals surface area (Å²) in [7, 11) is 1.61. The zero-order valence-corrected chi connectivity index (χ0v) is 21.4. The first-order valence-electron chi connectivity index (χ1n) is 12.2. The van der Waals surface area contributed by atoms with Gasteiger partial charge in [0.25, 0.3) is 11.7 Å². The lowest BCUT2D eigenvalue weighted by atomic mass is 9.79. The highest BCUT2D eigenvalue weighted by Gasteiger charge is 2.43. The Morgan fingerprint density at radius 1 is 1.14 bits per heavy atom. The van der Waals surface area contributed by atoms with E-state index in [1.54, 1.807) is 51.5 Å². The Kier molecular flexibility index (Phi) is 7.01. The first kappa shape index (κ1) is 26.2. The van der Waals surface area contributed by atoms with Crippen LogP contribution in [0.2, 0.25) is 0 Å². The molecular weight excluding hydrogens is 475 g/mol. The molecule has 1 saturated carbocycles. The van der Waals surface area contributed by atoms with Crippen molar-refractivity contribution in [3.05, 3.63) is 70.9 Å². The van der Waals surface area contributed by atoms with E-state index < -0.39 is 35.1 Å². The van der Waals surface area contributed by atoms with Gasteiger partial charge in [-0.15, -0.1) is 0 Å². The highest BCUT2D eigenvalue weighted by molar-refractivity contribution is 6.47. The number of aliphatic hydroxyl groups is 1. The van der Waals surface area contributed by atoms with Gasteiger partial charge in [0.15, 0.2) is 0 Å². The lowest BCUT2D eigenvalue weighted by molar-refractivity contribution is -0.116. The van der Waals surface area contributed by atoms with Gasteiger partial charge in [-0.05, 0) is 87.9 Å². The lowest BCUT2D eigenvalue weighted by Crippen LogP contribution is -2.55. The van der Waals surface area contributed by atoms with Crippen LogP contribution in [0.1, 0.15) is 64.6 Å². The normalized spacial score (nSPS) is 19.5. The van der Waals surface area contributed by atoms with Crippen molar-refractivity contribution in [3.8, 4) is 11.3 Å². The number of Topliss-reactive ketones (excluding diaryl/α,β-unsaturated/α-hetero) is 1. The summed E-state index contributed by atoms with van der Waals surface area (Å²) in [4.78, 5) is 45.8. The van der Waals surface area contributed by atoms with Crippen LogP contribution in [0.4, 0.5) is 10.1 Å². The highest BCUT2D eigenvalue weighted by atomic mass is 19.1. The van der Waals surface area contributed by atoms with Gasteiger partial charge in [0.05, 0.1) is 23.1 Å². The Labute approximate surface area is 214 Å². The van der Waals surface area contributed by atoms with E-state index in [1.165, 1.54) is 21.6 Å². The SMILES string of the molecule is Cc1cc(N(C(=O)C(=O)c2c(C)c(C(N)=O)c(-c3ccncc3)n2C)C2(C)CCC(O)CC2)ccc1F. The third-order valence-corrected chi connectivity index (χ3v) is 7.42. The molecule has 0 atom stereocenters. The summed E-state index contributed by atoms with van der Waals surface area (Å²) >= 11 is 0. The number of aryl methyl sites for hydroxylation is 1. The van der Waals surface area contributed by atoms with Gasteiger partial charge >= 0.3 is 5.91 Å². The zero-order chi connectivity index (χ0) is 27.1. The maximum absolute atomic E-state index is 14.1. The molecule has 2 heterocycles. The van der Waals surface area contributed by atoms with Crippen LogP contribution in [0.25, 0.3) is 11.3 Å². The number of hydrogen-bond donors (Lipinski definition) is 2. The molecule has 3 aromatic rings. The highest BCUT2D eigenvalue weighted by Crippen LogP contribution is 2.38. The molecule has 1 aliphatic rings. The molecule has 0 radical (unpaired) electrons. The van der Waals surface area contributed by atoms with Gasteiger partial charge < -0.3 is 15.4 Å². The lowest BCUT2D eigenvalue weighted by Gasteiger charge is -2.44. The predicted molar refractivity (Wildman–Crippen MR) is 138 cm³/mol. The third-order valence-electron chi connectivity index (χ3n) is 7.42. The van der Waals surface area contributed by atoms with E-state index in [0.717, 1.165) is 0 Å². The maximum Gasteiger partial charge on any atom is 0.301 e. The predicted octanol–water partition coefficient (Wildman–Crippen LogP) is 3.85. The second-order valence-corrected chi connectivity index (χ2v) is 9.99. The van der Waals surface area contributed by atoms with Crippen LogP contribution in [0, 0.1) is 19.7 Å². The number of anilines is 1. The summed E-state index contributed by atoms with van der Waals surface area (Å²) in [5.41, 5.74) is 7.22. The number of ketones is 1. The van der Waals surface area contributed by atoms with Gasteiger partial charge in [0.2, 0.25) is 0 Å². The fourth-order valence-corrected chi connectivity index (χ4v) is 5.39. The number of aromatic nitrogens is 2. The smallest absolute Gasteiger partial charge is 0.301 e. The first-order valence-corrected chi connectivity index (χ1v) is 12.2. The Morgan fingerprint density at radius 2 is 1.76 bits per heavy atom. The molecule has 1 fully saturated rings. The molecule has 1 aromatic carbocycles. The quantitative estimate of drug-likeness (QED) is 0.389. The van der Waals surface area contributed by atoms with Crippen LogP contribution in [0.3, 0.4) is 0 Å². The van der Waals surface area contributed by atoms with Crippen molar-refractivity contribution in [2.24, 2.45) is 12.8 Å². The summed E-state index contributed by atoms with van der Waals surface area (Å²) in [5.74, 6) is -2.74. The van der Waals surface area contributed by atoms with E-state index in [-0.39, 0.29) is 11.3 Å². The van der Waals surface area contributed by atoms with E-state index in [9.17, 15) is 23.9 Å². The van der Waals surface area contributed by atoms with Crippen LogP contribution in [-0.4, -0.2) is 43.9 Å². The summed E-state index contributed by atoms with van der Waals surface area (Å²) in [5, 5.41) is 10.1. The fraction of sp³-hybridized carbons (Fsp3) is 0.357. The Hall–Kier alpha value is -3.85. The average Bonchev–Trinajstić information content (AvgIpc) is 3.13. The van der Waals surface area contributed by atoms with Gasteiger partial charge in [-0.3, -0.25) is 24.3 Å². The number of rotatable bonds is 6. The number of halogens is 1. The van der Waals surface area contributed by atoms with E-state index >= 15 is 0 Å². The molecule has 9 heteroatoms. The number of aliphatic hydroxyl groups excluding tert-OH is 1. The van der Waals surface area contributed by atoms with E-state index in [0.29, 0.717) is 53.8 Å². The molecule has 194 valence electrons. The molecule has 2 aromatic heterocycles. The van der Waals surface area contributed by atoms with Crippen molar-refractivity contribution < 1.29 is 23.9 Å². The fourth-order valence-electron chi connectivity index (χ4n) is 5.39. The van der Waals surface area contributed by atoms with Gasteiger partial charge in [-0.25, -0.2) is 4.39 Å². The van der Waals surface area contributed by atoms with Gasteiger partial charge in [-0.2, -0.15) is 0 Å². The van der Waals surface area contributed by atoms with Crippen molar-refractivity contribution in [1.29, 1.82) is 0 Å². The van der Waals surface area contributed by atoms with Crippen LogP contribution in [0.15, 0.2) is 42.7 Å². The monoisotopic (exact) mass is 506 g/mol. The molecule has 0 unspecified atom stereocenters. The topological polar surface area (TPSA) is 119 Å². The van der Waals surface area contributed by atoms with Gasteiger partial charge in [0.1, 0.15) is 5.82 Å². The van der Waals surface area contributed by atoms with Crippen LogP contribution in [-0.2, 0) is 11.8 Å². The first-order chi connectivity index (χ1) is 17.5. The molecule has 3 N–H and O–H groups in total. The molecule has 0 spiro atoms. The molecule has 2 amide bonds. The van der Waals surface area contributed by atoms with Crippen molar-refractivity contribution >= 4 is 23.3 Å². The molecule has 0 aliphatic heterocycles. The Balaban J connectivity index is 1.86. The summed E-state index contributed by atoms with van der Waals surface area (Å²) in [6.07, 6.45) is 4.51. The van der Waals surface area contributed by atoms with Crippen molar-refractivity contribution in [1.82, 2.24) is 9.55 Å². The van der Waals surface area contributed by atoms with E-state index in [1.807, 2.05) is 6.92 Å². The molecule has 37 heavy (non-hydrogen) atoms. The summed E-state index contributed by atoms with van der Waals surface area (Å²) in [6, 6.07) is 7.69. The number of pyridine rings is 1. The van der Waals surface area contributed by atoms with Crippen LogP contribution < -0.4 is 10.6 Å². The third kappa shape index (κ3) is 4.67. The van der Waals surface area contributed by atoms with Crippen molar-refractivity contribution in [3.63, 3.8) is 0 Å². The van der Waals surface area contributed by atoms with E-state index in [4.69, 9.17) is 5.73 Å². The number of hydrogen-bond acceptors (Lipinski definition) is 5. The molecule has 8 nitrogen and oxygen atoms in total. The summed E-state index contributed by atoms with van der Waals surface area (Å²) < 4.78 is 15.6. The second kappa shape index (κ2) is 9.89. The van der Waals surface area contributed by atoms with Crippen molar-refractivity contribution in [2.75, 3.05) is 4.90 Å². The number of amides is 2. The largest absolute Gasteiger partial charge is 0.393 e. The molecular formula is C28H31FN4O4. The van der Waals surface area contributed by atoms with Gasteiger partial charge in [0, 0.05) is 36.2 Å². The number of carbonyl (C=O) groups excluding carboxylic acids is 3. The maximum atomic E-state index is 14.1. The van der Waals surface area contributed by atoms with Crippen LogP contribution >= 0.6 is 0 Å². The Bertz CT molecular complexity index is 1370. The standard InChI is InChI=1S/C28H31FN4O4/c1-16-15-19(5-6-21(16)29)33(28(3)11-7-20(34)8-12-28)27(37)25(35)23-17(2)22(26(30)36)24(32(23)4)18-9-13-31-14-10-18/h5-6,9-10,13-15,20,34H,7-8,11-12H2,1-4H3,(H2,30,36). The Morgan fingerprint density at radius 3 is 2.32 bits per heavy atom. The van der Waals surface area contributed by atoms with E-state index in [2.05, 4.69) is 4.98 Å². The number of nitrogens with two attached hydrogens (primary N) is 1. The molecule has 0 bridgehead atoms. The minimum Gasteiger partial charge on any atom is -0.393 e. The molecule has 1 aliphatic carbocycles. The zero-order valence-electron chi connectivity index (χ0n) is 21.4. The average molecular weight is 507 g/mol. The number of nitrogens with zero attached hydrogens (tertiary/aromatic N) is 3. The molecule has 4 rings (SSSR count). The van der Waals surface area contributed by atoms with Crippen molar-refractivity contribution in [2.45, 2.75) is 58.1 Å². The summed E-state index contributed by atoms with van der Waals surface area (Å²) in [6.45, 7) is 5.06.